The van der Waals surface area contributed by atoms with Crippen molar-refractivity contribution < 1.29 is 4.79 Å². The maximum Gasteiger partial charge on any atom is 0.253 e. The topological polar surface area (TPSA) is 54.0 Å². The molecule has 138 valence electrons. The molecule has 2 N–H and O–H groups in total. The van der Waals surface area contributed by atoms with Crippen molar-refractivity contribution in [1.82, 2.24) is 10.3 Å². The van der Waals surface area contributed by atoms with Crippen molar-refractivity contribution in [3.63, 3.8) is 0 Å². The van der Waals surface area contributed by atoms with Gasteiger partial charge in [0.25, 0.3) is 5.91 Å². The van der Waals surface area contributed by atoms with Gasteiger partial charge in [0.1, 0.15) is 5.82 Å². The van der Waals surface area contributed by atoms with Crippen molar-refractivity contribution in [3.8, 4) is 0 Å². The third kappa shape index (κ3) is 5.83. The van der Waals surface area contributed by atoms with Crippen LogP contribution in [0.5, 0.6) is 0 Å². The lowest BCUT2D eigenvalue weighted by molar-refractivity contribution is 0.0950. The van der Waals surface area contributed by atoms with Gasteiger partial charge < -0.3 is 10.6 Å². The van der Waals surface area contributed by atoms with Gasteiger partial charge in [-0.3, -0.25) is 4.79 Å². The number of aromatic nitrogens is 1. The number of hydrogen-bond acceptors (Lipinski definition) is 3. The first-order chi connectivity index (χ1) is 13.1. The smallest absolute Gasteiger partial charge is 0.253 e. The van der Waals surface area contributed by atoms with E-state index < -0.39 is 0 Å². The Kier molecular flexibility index (Phi) is 6.44. The maximum atomic E-state index is 12.2. The average Bonchev–Trinajstić information content (AvgIpc) is 2.68. The van der Waals surface area contributed by atoms with Gasteiger partial charge in [0.15, 0.2) is 0 Å². The van der Waals surface area contributed by atoms with E-state index in [2.05, 4.69) is 15.6 Å². The molecule has 0 unspecified atom stereocenters. The molecule has 0 radical (unpaired) electrons. The molecule has 0 aliphatic rings. The van der Waals surface area contributed by atoms with Crippen molar-refractivity contribution in [3.05, 3.63) is 94.1 Å². The molecule has 1 amide bonds. The number of nitrogens with one attached hydrogen (secondary N) is 2. The number of rotatable bonds is 7. The van der Waals surface area contributed by atoms with Crippen molar-refractivity contribution in [2.75, 3.05) is 11.9 Å². The zero-order valence-corrected chi connectivity index (χ0v) is 16.0. The van der Waals surface area contributed by atoms with Gasteiger partial charge in [0.2, 0.25) is 0 Å². The first kappa shape index (κ1) is 18.9. The van der Waals surface area contributed by atoms with E-state index in [1.165, 1.54) is 11.1 Å². The molecule has 0 aliphatic carbocycles. The fourth-order valence-corrected chi connectivity index (χ4v) is 2.86. The molecule has 0 bridgehead atoms. The first-order valence-corrected chi connectivity index (χ1v) is 9.26. The predicted molar refractivity (Wildman–Crippen MR) is 110 cm³/mol. The largest absolute Gasteiger partial charge is 0.370 e. The van der Waals surface area contributed by atoms with Crippen molar-refractivity contribution in [2.45, 2.75) is 19.9 Å². The average molecular weight is 380 g/mol. The molecule has 1 heterocycles. The number of aryl methyl sites for hydroxylation is 1. The van der Waals surface area contributed by atoms with Crippen LogP contribution < -0.4 is 10.6 Å². The Bertz CT molecular complexity index is 892. The van der Waals surface area contributed by atoms with Crippen LogP contribution >= 0.6 is 11.6 Å². The monoisotopic (exact) mass is 379 g/mol. The standard InChI is InChI=1S/C22H22ClN3O/c1-16-5-7-18(8-6-16)14-26-22(27)19-9-10-21(25-15-19)24-12-11-17-3-2-4-20(23)13-17/h2-10,13,15H,11-12,14H2,1H3,(H,24,25)(H,26,27). The maximum absolute atomic E-state index is 12.2. The second-order valence-corrected chi connectivity index (χ2v) is 6.84. The van der Waals surface area contributed by atoms with Gasteiger partial charge in [0, 0.05) is 24.3 Å². The molecule has 3 rings (SSSR count). The summed E-state index contributed by atoms with van der Waals surface area (Å²) in [6.45, 7) is 3.28. The van der Waals surface area contributed by atoms with Gasteiger partial charge in [-0.25, -0.2) is 4.98 Å². The summed E-state index contributed by atoms with van der Waals surface area (Å²) >= 11 is 5.99. The van der Waals surface area contributed by atoms with Crippen LogP contribution in [0.1, 0.15) is 27.0 Å². The molecule has 0 saturated heterocycles. The molecule has 0 aliphatic heterocycles. The lowest BCUT2D eigenvalue weighted by atomic mass is 10.1. The SMILES string of the molecule is Cc1ccc(CNC(=O)c2ccc(NCCc3cccc(Cl)c3)nc2)cc1. The number of benzene rings is 2. The molecule has 1 aromatic heterocycles. The van der Waals surface area contributed by atoms with E-state index in [4.69, 9.17) is 11.6 Å². The van der Waals surface area contributed by atoms with E-state index in [9.17, 15) is 4.79 Å². The molecular formula is C22H22ClN3O. The quantitative estimate of drug-likeness (QED) is 0.629. The molecule has 5 heteroatoms. The van der Waals surface area contributed by atoms with Gasteiger partial charge in [-0.15, -0.1) is 0 Å². The molecule has 0 fully saturated rings. The van der Waals surface area contributed by atoms with Crippen LogP contribution in [0.25, 0.3) is 0 Å². The number of nitrogens with zero attached hydrogens (tertiary/aromatic N) is 1. The van der Waals surface area contributed by atoms with E-state index in [1.807, 2.05) is 61.5 Å². The van der Waals surface area contributed by atoms with E-state index in [1.54, 1.807) is 12.3 Å². The van der Waals surface area contributed by atoms with Gasteiger partial charge in [-0.1, -0.05) is 53.6 Å². The lowest BCUT2D eigenvalue weighted by Gasteiger charge is -2.08. The van der Waals surface area contributed by atoms with Crippen LogP contribution in [0, 0.1) is 6.92 Å². The fraction of sp³-hybridized carbons (Fsp3) is 0.182. The number of halogens is 1. The number of carbonyl (C=O) groups excluding carboxylic acids is 1. The molecule has 2 aromatic carbocycles. The summed E-state index contributed by atoms with van der Waals surface area (Å²) in [6, 6.07) is 19.5. The number of anilines is 1. The third-order valence-corrected chi connectivity index (χ3v) is 4.44. The summed E-state index contributed by atoms with van der Waals surface area (Å²) in [5, 5.41) is 6.91. The molecule has 0 atom stereocenters. The lowest BCUT2D eigenvalue weighted by Crippen LogP contribution is -2.23. The van der Waals surface area contributed by atoms with E-state index >= 15 is 0 Å². The van der Waals surface area contributed by atoms with Crippen LogP contribution in [0.4, 0.5) is 5.82 Å². The predicted octanol–water partition coefficient (Wildman–Crippen LogP) is 4.63. The highest BCUT2D eigenvalue weighted by atomic mass is 35.5. The Balaban J connectivity index is 1.47. The number of carbonyl (C=O) groups is 1. The zero-order valence-electron chi connectivity index (χ0n) is 15.2. The molecule has 3 aromatic rings. The summed E-state index contributed by atoms with van der Waals surface area (Å²) in [5.74, 6) is 0.612. The van der Waals surface area contributed by atoms with E-state index in [-0.39, 0.29) is 5.91 Å². The number of hydrogen-bond donors (Lipinski definition) is 2. The molecule has 4 nitrogen and oxygen atoms in total. The highest BCUT2D eigenvalue weighted by molar-refractivity contribution is 6.30. The van der Waals surface area contributed by atoms with E-state index in [0.717, 1.165) is 29.4 Å². The van der Waals surface area contributed by atoms with Crippen LogP contribution in [-0.2, 0) is 13.0 Å². The van der Waals surface area contributed by atoms with Crippen LogP contribution in [0.3, 0.4) is 0 Å². The molecule has 0 spiro atoms. The second kappa shape index (κ2) is 9.19. The highest BCUT2D eigenvalue weighted by Crippen LogP contribution is 2.12. The van der Waals surface area contributed by atoms with Crippen molar-refractivity contribution >= 4 is 23.3 Å². The Labute approximate surface area is 164 Å². The molecule has 27 heavy (non-hydrogen) atoms. The van der Waals surface area contributed by atoms with Gasteiger partial charge in [0.05, 0.1) is 5.56 Å². The van der Waals surface area contributed by atoms with E-state index in [0.29, 0.717) is 12.1 Å². The summed E-state index contributed by atoms with van der Waals surface area (Å²) in [5.41, 5.74) is 3.98. The minimum atomic E-state index is -0.131. The molecule has 0 saturated carbocycles. The van der Waals surface area contributed by atoms with Gasteiger partial charge >= 0.3 is 0 Å². The number of pyridine rings is 1. The Morgan fingerprint density at radius 3 is 2.56 bits per heavy atom. The zero-order chi connectivity index (χ0) is 19.1. The summed E-state index contributed by atoms with van der Waals surface area (Å²) in [4.78, 5) is 16.6. The number of amides is 1. The minimum absolute atomic E-state index is 0.131. The van der Waals surface area contributed by atoms with Crippen LogP contribution in [0.15, 0.2) is 66.9 Å². The molecular weight excluding hydrogens is 358 g/mol. The van der Waals surface area contributed by atoms with Crippen molar-refractivity contribution in [2.24, 2.45) is 0 Å². The minimum Gasteiger partial charge on any atom is -0.370 e. The summed E-state index contributed by atoms with van der Waals surface area (Å²) in [6.07, 6.45) is 2.44. The van der Waals surface area contributed by atoms with Crippen LogP contribution in [-0.4, -0.2) is 17.4 Å². The first-order valence-electron chi connectivity index (χ1n) is 8.88. The van der Waals surface area contributed by atoms with Crippen LogP contribution in [0.2, 0.25) is 5.02 Å². The van der Waals surface area contributed by atoms with Gasteiger partial charge in [-0.2, -0.15) is 0 Å². The van der Waals surface area contributed by atoms with Crippen molar-refractivity contribution in [1.29, 1.82) is 0 Å². The Hall–Kier alpha value is -2.85. The Morgan fingerprint density at radius 2 is 1.85 bits per heavy atom. The Morgan fingerprint density at radius 1 is 1.04 bits per heavy atom. The second-order valence-electron chi connectivity index (χ2n) is 6.41. The third-order valence-electron chi connectivity index (χ3n) is 4.21. The van der Waals surface area contributed by atoms with Gasteiger partial charge in [-0.05, 0) is 48.7 Å². The fourth-order valence-electron chi connectivity index (χ4n) is 2.65. The summed E-state index contributed by atoms with van der Waals surface area (Å²) < 4.78 is 0. The highest BCUT2D eigenvalue weighted by Gasteiger charge is 2.06. The summed E-state index contributed by atoms with van der Waals surface area (Å²) in [7, 11) is 0. The normalized spacial score (nSPS) is 10.4.